The van der Waals surface area contributed by atoms with E-state index in [4.69, 9.17) is 10.8 Å². The molecule has 1 unspecified atom stereocenters. The van der Waals surface area contributed by atoms with Crippen molar-refractivity contribution in [3.63, 3.8) is 0 Å². The van der Waals surface area contributed by atoms with E-state index in [0.717, 1.165) is 30.8 Å². The predicted molar refractivity (Wildman–Crippen MR) is 85.9 cm³/mol. The van der Waals surface area contributed by atoms with Crippen LogP contribution in [0.15, 0.2) is 36.4 Å². The number of anilines is 2. The van der Waals surface area contributed by atoms with Crippen molar-refractivity contribution in [3.8, 4) is 11.4 Å². The molecule has 0 aliphatic rings. The SMILES string of the molecule is CC(CO)CCCNc1cc(N)nc(-c2ccccc2)n1. The Kier molecular flexibility index (Phi) is 5.51. The van der Waals surface area contributed by atoms with Gasteiger partial charge in [0.1, 0.15) is 11.6 Å². The van der Waals surface area contributed by atoms with Gasteiger partial charge >= 0.3 is 0 Å². The number of nitrogen functional groups attached to an aromatic ring is 1. The number of nitrogens with two attached hydrogens (primary N) is 1. The standard InChI is InChI=1S/C16H22N4O/c1-12(11-21)6-5-9-18-15-10-14(17)19-16(20-15)13-7-3-2-4-8-13/h2-4,7-8,10,12,21H,5-6,9,11H2,1H3,(H3,17,18,19,20). The third-order valence-corrected chi connectivity index (χ3v) is 3.27. The van der Waals surface area contributed by atoms with Gasteiger partial charge in [-0.2, -0.15) is 0 Å². The number of aliphatic hydroxyl groups is 1. The van der Waals surface area contributed by atoms with Crippen molar-refractivity contribution in [2.24, 2.45) is 5.92 Å². The topological polar surface area (TPSA) is 84.1 Å². The van der Waals surface area contributed by atoms with Gasteiger partial charge in [-0.3, -0.25) is 0 Å². The summed E-state index contributed by atoms with van der Waals surface area (Å²) in [5.74, 6) is 2.15. The van der Waals surface area contributed by atoms with E-state index >= 15 is 0 Å². The fraction of sp³-hybridized carbons (Fsp3) is 0.375. The molecule has 0 saturated carbocycles. The summed E-state index contributed by atoms with van der Waals surface area (Å²) >= 11 is 0. The maximum atomic E-state index is 8.99. The lowest BCUT2D eigenvalue weighted by Crippen LogP contribution is -2.08. The van der Waals surface area contributed by atoms with Crippen LogP contribution >= 0.6 is 0 Å². The van der Waals surface area contributed by atoms with Crippen LogP contribution in [0.2, 0.25) is 0 Å². The average Bonchev–Trinajstić information content (AvgIpc) is 2.51. The normalized spacial score (nSPS) is 12.1. The molecule has 1 aromatic heterocycles. The number of aliphatic hydroxyl groups excluding tert-OH is 1. The molecule has 5 heteroatoms. The van der Waals surface area contributed by atoms with E-state index < -0.39 is 0 Å². The lowest BCUT2D eigenvalue weighted by molar-refractivity contribution is 0.229. The Bertz CT molecular complexity index is 559. The maximum absolute atomic E-state index is 8.99. The van der Waals surface area contributed by atoms with Crippen molar-refractivity contribution in [2.45, 2.75) is 19.8 Å². The van der Waals surface area contributed by atoms with Crippen LogP contribution in [0.1, 0.15) is 19.8 Å². The molecule has 0 saturated heterocycles. The number of rotatable bonds is 7. The first-order valence-corrected chi connectivity index (χ1v) is 7.23. The molecule has 112 valence electrons. The van der Waals surface area contributed by atoms with E-state index in [1.54, 1.807) is 6.07 Å². The van der Waals surface area contributed by atoms with Crippen molar-refractivity contribution in [3.05, 3.63) is 36.4 Å². The summed E-state index contributed by atoms with van der Waals surface area (Å²) in [6, 6.07) is 11.5. The van der Waals surface area contributed by atoms with Crippen LogP contribution in [0.3, 0.4) is 0 Å². The first-order valence-electron chi connectivity index (χ1n) is 7.23. The van der Waals surface area contributed by atoms with E-state index in [9.17, 15) is 0 Å². The monoisotopic (exact) mass is 286 g/mol. The molecule has 2 aromatic rings. The second-order valence-electron chi connectivity index (χ2n) is 5.22. The Hall–Kier alpha value is -2.14. The van der Waals surface area contributed by atoms with Gasteiger partial charge in [0.25, 0.3) is 0 Å². The zero-order valence-corrected chi connectivity index (χ0v) is 12.3. The molecule has 2 rings (SSSR count). The van der Waals surface area contributed by atoms with E-state index in [2.05, 4.69) is 15.3 Å². The summed E-state index contributed by atoms with van der Waals surface area (Å²) in [4.78, 5) is 8.76. The van der Waals surface area contributed by atoms with Gasteiger partial charge in [-0.1, -0.05) is 37.3 Å². The second kappa shape index (κ2) is 7.59. The molecule has 1 aromatic carbocycles. The molecule has 0 spiro atoms. The Morgan fingerprint density at radius 1 is 1.24 bits per heavy atom. The summed E-state index contributed by atoms with van der Waals surface area (Å²) in [6.07, 6.45) is 1.96. The molecule has 0 bridgehead atoms. The Balaban J connectivity index is 1.99. The molecular formula is C16H22N4O. The molecule has 1 atom stereocenters. The molecule has 21 heavy (non-hydrogen) atoms. The van der Waals surface area contributed by atoms with Crippen LogP contribution in [0.5, 0.6) is 0 Å². The Morgan fingerprint density at radius 3 is 2.71 bits per heavy atom. The fourth-order valence-corrected chi connectivity index (χ4v) is 2.03. The smallest absolute Gasteiger partial charge is 0.163 e. The summed E-state index contributed by atoms with van der Waals surface area (Å²) in [5.41, 5.74) is 6.79. The highest BCUT2D eigenvalue weighted by molar-refractivity contribution is 5.60. The van der Waals surface area contributed by atoms with Gasteiger partial charge < -0.3 is 16.2 Å². The number of hydrogen-bond acceptors (Lipinski definition) is 5. The van der Waals surface area contributed by atoms with E-state index in [1.165, 1.54) is 0 Å². The zero-order chi connectivity index (χ0) is 15.1. The minimum Gasteiger partial charge on any atom is -0.396 e. The van der Waals surface area contributed by atoms with Crippen molar-refractivity contribution in [2.75, 3.05) is 24.2 Å². The highest BCUT2D eigenvalue weighted by Crippen LogP contribution is 2.18. The van der Waals surface area contributed by atoms with Crippen LogP contribution < -0.4 is 11.1 Å². The van der Waals surface area contributed by atoms with Gasteiger partial charge in [-0.05, 0) is 18.8 Å². The molecule has 1 heterocycles. The number of hydrogen-bond donors (Lipinski definition) is 3. The largest absolute Gasteiger partial charge is 0.396 e. The Labute approximate surface area is 125 Å². The van der Waals surface area contributed by atoms with Crippen LogP contribution in [0.25, 0.3) is 11.4 Å². The molecule has 0 radical (unpaired) electrons. The third-order valence-electron chi connectivity index (χ3n) is 3.27. The molecule has 5 nitrogen and oxygen atoms in total. The van der Waals surface area contributed by atoms with Gasteiger partial charge in [0.2, 0.25) is 0 Å². The summed E-state index contributed by atoms with van der Waals surface area (Å²) in [6.45, 7) is 3.07. The van der Waals surface area contributed by atoms with Gasteiger partial charge in [-0.15, -0.1) is 0 Å². The van der Waals surface area contributed by atoms with E-state index in [1.807, 2.05) is 37.3 Å². The number of aromatic nitrogens is 2. The van der Waals surface area contributed by atoms with Gasteiger partial charge in [0, 0.05) is 24.8 Å². The first kappa shape index (κ1) is 15.3. The summed E-state index contributed by atoms with van der Waals surface area (Å²) < 4.78 is 0. The van der Waals surface area contributed by atoms with Crippen LogP contribution in [-0.2, 0) is 0 Å². The third kappa shape index (κ3) is 4.72. The molecule has 4 N–H and O–H groups in total. The van der Waals surface area contributed by atoms with Crippen molar-refractivity contribution in [1.29, 1.82) is 0 Å². The van der Waals surface area contributed by atoms with Crippen molar-refractivity contribution < 1.29 is 5.11 Å². The first-order chi connectivity index (χ1) is 10.2. The van der Waals surface area contributed by atoms with Gasteiger partial charge in [0.05, 0.1) is 0 Å². The van der Waals surface area contributed by atoms with Gasteiger partial charge in [0.15, 0.2) is 5.82 Å². The van der Waals surface area contributed by atoms with Crippen molar-refractivity contribution >= 4 is 11.6 Å². The molecule has 0 amide bonds. The minimum atomic E-state index is 0.235. The zero-order valence-electron chi connectivity index (χ0n) is 12.3. The minimum absolute atomic E-state index is 0.235. The fourth-order valence-electron chi connectivity index (χ4n) is 2.03. The van der Waals surface area contributed by atoms with E-state index in [0.29, 0.717) is 17.6 Å². The number of benzene rings is 1. The summed E-state index contributed by atoms with van der Waals surface area (Å²) in [7, 11) is 0. The van der Waals surface area contributed by atoms with Crippen LogP contribution in [0, 0.1) is 5.92 Å². The predicted octanol–water partition coefficient (Wildman–Crippen LogP) is 2.55. The molecule has 0 aliphatic heterocycles. The average molecular weight is 286 g/mol. The number of nitrogens with zero attached hydrogens (tertiary/aromatic N) is 2. The van der Waals surface area contributed by atoms with Crippen LogP contribution in [-0.4, -0.2) is 28.2 Å². The summed E-state index contributed by atoms with van der Waals surface area (Å²) in [5, 5.41) is 12.3. The number of nitrogens with one attached hydrogen (secondary N) is 1. The Morgan fingerprint density at radius 2 is 2.00 bits per heavy atom. The highest BCUT2D eigenvalue weighted by Gasteiger charge is 2.05. The lowest BCUT2D eigenvalue weighted by Gasteiger charge is -2.10. The highest BCUT2D eigenvalue weighted by atomic mass is 16.3. The van der Waals surface area contributed by atoms with E-state index in [-0.39, 0.29) is 6.61 Å². The molecular weight excluding hydrogens is 264 g/mol. The van der Waals surface area contributed by atoms with Gasteiger partial charge in [-0.25, -0.2) is 9.97 Å². The van der Waals surface area contributed by atoms with Crippen LogP contribution in [0.4, 0.5) is 11.6 Å². The van der Waals surface area contributed by atoms with Crippen molar-refractivity contribution in [1.82, 2.24) is 9.97 Å². The lowest BCUT2D eigenvalue weighted by atomic mass is 10.1. The second-order valence-corrected chi connectivity index (χ2v) is 5.22. The molecule has 0 aliphatic carbocycles. The maximum Gasteiger partial charge on any atom is 0.163 e. The quantitative estimate of drug-likeness (QED) is 0.681. The molecule has 0 fully saturated rings.